The van der Waals surface area contributed by atoms with E-state index in [0.717, 1.165) is 30.6 Å². The van der Waals surface area contributed by atoms with Crippen LogP contribution in [-0.2, 0) is 6.54 Å². The summed E-state index contributed by atoms with van der Waals surface area (Å²) >= 11 is 0. The van der Waals surface area contributed by atoms with Crippen molar-refractivity contribution < 1.29 is 9.84 Å². The molecule has 1 aliphatic heterocycles. The van der Waals surface area contributed by atoms with Crippen LogP contribution in [0, 0.1) is 0 Å². The molecule has 5 rings (SSSR count). The van der Waals surface area contributed by atoms with E-state index in [1.165, 1.54) is 0 Å². The van der Waals surface area contributed by atoms with Crippen molar-refractivity contribution in [1.82, 2.24) is 34.3 Å². The number of anilines is 2. The first-order chi connectivity index (χ1) is 15.3. The Morgan fingerprint density at radius 3 is 2.88 bits per heavy atom. The summed E-state index contributed by atoms with van der Waals surface area (Å²) in [6.45, 7) is 5.45. The molecule has 11 heteroatoms. The Morgan fingerprint density at radius 2 is 2.09 bits per heavy atom. The van der Waals surface area contributed by atoms with Crippen LogP contribution in [0.3, 0.4) is 0 Å². The molecule has 0 aliphatic carbocycles. The highest BCUT2D eigenvalue weighted by Gasteiger charge is 2.28. The molecule has 1 fully saturated rings. The number of piperidine rings is 1. The molecule has 11 nitrogen and oxygen atoms in total. The highest BCUT2D eigenvalue weighted by atomic mass is 16.5. The average molecular weight is 438 g/mol. The van der Waals surface area contributed by atoms with Gasteiger partial charge in [-0.2, -0.15) is 4.52 Å². The van der Waals surface area contributed by atoms with Crippen LogP contribution < -0.4 is 15.4 Å². The second kappa shape index (κ2) is 7.59. The molecular formula is C21H27N9O2. The first-order valence-electron chi connectivity index (χ1n) is 10.7. The fourth-order valence-electron chi connectivity index (χ4n) is 4.25. The fourth-order valence-corrected chi connectivity index (χ4v) is 4.25. The monoisotopic (exact) mass is 437 g/mol. The van der Waals surface area contributed by atoms with E-state index in [-0.39, 0.29) is 11.9 Å². The number of rotatable bonds is 5. The van der Waals surface area contributed by atoms with Crippen molar-refractivity contribution in [3.8, 4) is 5.75 Å². The Balaban J connectivity index is 1.45. The second-order valence-corrected chi connectivity index (χ2v) is 8.87. The lowest BCUT2D eigenvalue weighted by atomic mass is 9.98. The third kappa shape index (κ3) is 3.68. The van der Waals surface area contributed by atoms with Gasteiger partial charge in [0, 0.05) is 24.4 Å². The maximum atomic E-state index is 10.0. The molecule has 0 amide bonds. The third-order valence-electron chi connectivity index (χ3n) is 5.67. The lowest BCUT2D eigenvalue weighted by Gasteiger charge is -2.30. The van der Waals surface area contributed by atoms with Crippen molar-refractivity contribution in [2.75, 3.05) is 30.8 Å². The van der Waals surface area contributed by atoms with E-state index >= 15 is 0 Å². The van der Waals surface area contributed by atoms with Gasteiger partial charge in [-0.15, -0.1) is 10.2 Å². The smallest absolute Gasteiger partial charge is 0.244 e. The number of para-hydroxylation sites is 1. The highest BCUT2D eigenvalue weighted by Crippen LogP contribution is 2.31. The predicted molar refractivity (Wildman–Crippen MR) is 120 cm³/mol. The van der Waals surface area contributed by atoms with Crippen LogP contribution in [0.25, 0.3) is 16.6 Å². The fraction of sp³-hybridized carbons (Fsp3) is 0.476. The first kappa shape index (κ1) is 20.4. The number of nitrogen functional groups attached to an aromatic ring is 1. The summed E-state index contributed by atoms with van der Waals surface area (Å²) in [4.78, 5) is 15.9. The van der Waals surface area contributed by atoms with Gasteiger partial charge in [-0.25, -0.2) is 19.6 Å². The van der Waals surface area contributed by atoms with Gasteiger partial charge in [0.05, 0.1) is 19.3 Å². The number of methoxy groups -OCH3 is 1. The van der Waals surface area contributed by atoms with E-state index in [1.807, 2.05) is 18.2 Å². The van der Waals surface area contributed by atoms with Gasteiger partial charge in [0.2, 0.25) is 11.9 Å². The van der Waals surface area contributed by atoms with E-state index in [0.29, 0.717) is 36.0 Å². The van der Waals surface area contributed by atoms with E-state index in [4.69, 9.17) is 20.6 Å². The summed E-state index contributed by atoms with van der Waals surface area (Å²) in [6.07, 6.45) is 3.60. The molecule has 0 bridgehead atoms. The van der Waals surface area contributed by atoms with Gasteiger partial charge in [0.25, 0.3) is 0 Å². The minimum atomic E-state index is -0.852. The second-order valence-electron chi connectivity index (χ2n) is 8.87. The Kier molecular flexibility index (Phi) is 4.85. The molecule has 168 valence electrons. The van der Waals surface area contributed by atoms with E-state index < -0.39 is 5.60 Å². The molecule has 4 aromatic rings. The van der Waals surface area contributed by atoms with E-state index in [9.17, 15) is 5.11 Å². The van der Waals surface area contributed by atoms with Crippen LogP contribution in [0.2, 0.25) is 0 Å². The normalized spacial score (nSPS) is 17.4. The molecule has 32 heavy (non-hydrogen) atoms. The maximum Gasteiger partial charge on any atom is 0.244 e. The molecule has 4 heterocycles. The topological polar surface area (TPSA) is 133 Å². The molecule has 3 N–H and O–H groups in total. The van der Waals surface area contributed by atoms with Crippen molar-refractivity contribution in [1.29, 1.82) is 0 Å². The zero-order chi connectivity index (χ0) is 22.5. The number of hydrogen-bond donors (Lipinski definition) is 2. The summed E-state index contributed by atoms with van der Waals surface area (Å²) in [5, 5.41) is 20.1. The Bertz CT molecular complexity index is 1270. The van der Waals surface area contributed by atoms with E-state index in [2.05, 4.69) is 20.0 Å². The van der Waals surface area contributed by atoms with Crippen LogP contribution in [-0.4, -0.2) is 65.3 Å². The van der Waals surface area contributed by atoms with Gasteiger partial charge in [-0.3, -0.25) is 0 Å². The lowest BCUT2D eigenvalue weighted by Crippen LogP contribution is -2.35. The number of aromatic nitrogens is 7. The van der Waals surface area contributed by atoms with Gasteiger partial charge in [-0.1, -0.05) is 6.07 Å². The van der Waals surface area contributed by atoms with Crippen LogP contribution in [0.5, 0.6) is 5.75 Å². The van der Waals surface area contributed by atoms with Crippen LogP contribution in [0.1, 0.15) is 38.4 Å². The number of nitrogens with two attached hydrogens (primary N) is 1. The Morgan fingerprint density at radius 1 is 1.25 bits per heavy atom. The number of hydrogen-bond acceptors (Lipinski definition) is 9. The van der Waals surface area contributed by atoms with Crippen molar-refractivity contribution >= 4 is 28.4 Å². The SMILES string of the molecule is COc1cccc2c1nc(N)n1nc([C@@H]3CCCN(c4ncn(CC(C)(C)O)n4)C3)nc21. The quantitative estimate of drug-likeness (QED) is 0.478. The van der Waals surface area contributed by atoms with Crippen LogP contribution in [0.4, 0.5) is 11.9 Å². The molecule has 0 radical (unpaired) electrons. The first-order valence-corrected chi connectivity index (χ1v) is 10.7. The van der Waals surface area contributed by atoms with Crippen molar-refractivity contribution in [3.63, 3.8) is 0 Å². The van der Waals surface area contributed by atoms with E-state index in [1.54, 1.807) is 36.5 Å². The molecule has 0 unspecified atom stereocenters. The number of fused-ring (bicyclic) bond motifs is 3. The van der Waals surface area contributed by atoms with Gasteiger partial charge < -0.3 is 20.5 Å². The third-order valence-corrected chi connectivity index (χ3v) is 5.67. The summed E-state index contributed by atoms with van der Waals surface area (Å²) < 4.78 is 8.71. The summed E-state index contributed by atoms with van der Waals surface area (Å²) in [7, 11) is 1.61. The highest BCUT2D eigenvalue weighted by molar-refractivity contribution is 5.95. The number of ether oxygens (including phenoxy) is 1. The maximum absolute atomic E-state index is 10.0. The molecule has 1 aliphatic rings. The average Bonchev–Trinajstić information content (AvgIpc) is 3.40. The molecular weight excluding hydrogens is 410 g/mol. The minimum Gasteiger partial charge on any atom is -0.494 e. The summed E-state index contributed by atoms with van der Waals surface area (Å²) in [6, 6.07) is 5.71. The molecule has 1 aromatic carbocycles. The van der Waals surface area contributed by atoms with Crippen LogP contribution in [0.15, 0.2) is 24.5 Å². The number of aliphatic hydroxyl groups is 1. The predicted octanol–water partition coefficient (Wildman–Crippen LogP) is 1.61. The van der Waals surface area contributed by atoms with Gasteiger partial charge in [-0.05, 0) is 38.8 Å². The number of nitrogens with zero attached hydrogens (tertiary/aromatic N) is 8. The van der Waals surface area contributed by atoms with Gasteiger partial charge in [0.1, 0.15) is 17.6 Å². The lowest BCUT2D eigenvalue weighted by molar-refractivity contribution is 0.0577. The van der Waals surface area contributed by atoms with Crippen molar-refractivity contribution in [3.05, 3.63) is 30.4 Å². The molecule has 1 saturated heterocycles. The van der Waals surface area contributed by atoms with Crippen LogP contribution >= 0.6 is 0 Å². The Hall–Kier alpha value is -3.47. The Labute approximate surface area is 184 Å². The molecule has 1 atom stereocenters. The van der Waals surface area contributed by atoms with Gasteiger partial charge >= 0.3 is 0 Å². The van der Waals surface area contributed by atoms with Gasteiger partial charge in [0.15, 0.2) is 11.5 Å². The number of benzene rings is 1. The molecule has 0 spiro atoms. The standard InChI is InChI=1S/C21H27N9O2/c1-21(2,31)11-29-12-23-20(27-29)28-9-5-6-13(10-28)17-25-18-14-7-4-8-15(32-3)16(14)24-19(22)30(18)26-17/h4,7-8,12-13,31H,5-6,9-11H2,1-3H3,(H2,22,24)/t13-/m1/s1. The summed E-state index contributed by atoms with van der Waals surface area (Å²) in [5.74, 6) is 2.42. The minimum absolute atomic E-state index is 0.116. The summed E-state index contributed by atoms with van der Waals surface area (Å²) in [5.41, 5.74) is 6.69. The molecule has 0 saturated carbocycles. The van der Waals surface area contributed by atoms with Crippen molar-refractivity contribution in [2.45, 2.75) is 44.8 Å². The van der Waals surface area contributed by atoms with Crippen molar-refractivity contribution in [2.24, 2.45) is 0 Å². The zero-order valence-electron chi connectivity index (χ0n) is 18.4. The zero-order valence-corrected chi connectivity index (χ0v) is 18.4. The largest absolute Gasteiger partial charge is 0.494 e. The molecule has 3 aromatic heterocycles.